The minimum Gasteiger partial charge on any atom is -0.201 e. The first-order valence-electron chi connectivity index (χ1n) is 46.3. The van der Waals surface area contributed by atoms with E-state index < -0.39 is 44.6 Å². The maximum Gasteiger partial charge on any atom is 0.215 e. The van der Waals surface area contributed by atoms with E-state index in [9.17, 15) is 0 Å². The number of rotatable bonds is 13. The molecule has 3 atom stereocenters. The van der Waals surface area contributed by atoms with Crippen molar-refractivity contribution in [2.75, 3.05) is 0 Å². The van der Waals surface area contributed by atoms with Crippen LogP contribution in [0.5, 0.6) is 0 Å². The van der Waals surface area contributed by atoms with Crippen LogP contribution in [-0.2, 0) is 68.5 Å². The van der Waals surface area contributed by atoms with Crippen molar-refractivity contribution < 1.29 is 51.2 Å². The molecule has 0 fully saturated rings. The van der Waals surface area contributed by atoms with Crippen LogP contribution in [0.2, 0.25) is 0 Å². The van der Waals surface area contributed by atoms with E-state index >= 15 is 0 Å². The fourth-order valence-corrected chi connectivity index (χ4v) is 13.9. The molecule has 7 aromatic carbocycles. The van der Waals surface area contributed by atoms with Gasteiger partial charge in [-0.2, -0.15) is 0 Å². The van der Waals surface area contributed by atoms with Gasteiger partial charge in [0.15, 0.2) is 43.4 Å². The van der Waals surface area contributed by atoms with Crippen molar-refractivity contribution in [1.82, 2.24) is 0 Å². The largest absolute Gasteiger partial charge is 0.215 e. The molecule has 0 bridgehead atoms. The summed E-state index contributed by atoms with van der Waals surface area (Å²) in [4.78, 5) is 0. The third kappa shape index (κ3) is 23.8. The zero-order chi connectivity index (χ0) is 94.8. The Bertz CT molecular complexity index is 6120. The molecule has 586 valence electrons. The van der Waals surface area contributed by atoms with E-state index in [0.717, 1.165) is 85.7 Å². The molecule has 0 radical (unpaired) electrons. The molecule has 14 rings (SSSR count). The topological polar surface area (TPSA) is 27.2 Å². The number of hydrogen-bond donors (Lipinski definition) is 0. The van der Waals surface area contributed by atoms with E-state index in [1.807, 2.05) is 207 Å². The molecule has 0 aliphatic rings. The summed E-state index contributed by atoms with van der Waals surface area (Å²) in [7, 11) is 13.9. The van der Waals surface area contributed by atoms with Gasteiger partial charge in [0, 0.05) is 142 Å². The van der Waals surface area contributed by atoms with E-state index in [2.05, 4.69) is 211 Å². The molecule has 14 aromatic rings. The van der Waals surface area contributed by atoms with Crippen molar-refractivity contribution in [3.8, 4) is 78.8 Å². The molecule has 7 nitrogen and oxygen atoms in total. The van der Waals surface area contributed by atoms with Crippen LogP contribution in [0.25, 0.3) is 78.8 Å². The zero-order valence-corrected chi connectivity index (χ0v) is 71.3. The Morgan fingerprint density at radius 3 is 1.14 bits per heavy atom. The van der Waals surface area contributed by atoms with Gasteiger partial charge < -0.3 is 0 Å². The van der Waals surface area contributed by atoms with Crippen molar-refractivity contribution in [3.63, 3.8) is 0 Å². The molecule has 0 aliphatic carbocycles. The molecular weight excluding hydrogens is 1380 g/mol. The summed E-state index contributed by atoms with van der Waals surface area (Å²) in [6.45, 7) is 19.9. The molecule has 0 aliphatic heterocycles. The lowest BCUT2D eigenvalue weighted by Gasteiger charge is -2.11. The van der Waals surface area contributed by atoms with Crippen LogP contribution in [0.1, 0.15) is 177 Å². The highest BCUT2D eigenvalue weighted by atomic mass is 14.9. The predicted octanol–water partition coefficient (Wildman–Crippen LogP) is 22.8. The van der Waals surface area contributed by atoms with E-state index in [0.29, 0.717) is 16.7 Å². The second kappa shape index (κ2) is 43.0. The highest BCUT2D eigenvalue weighted by molar-refractivity contribution is 5.68. The van der Waals surface area contributed by atoms with Crippen molar-refractivity contribution >= 4 is 0 Å². The molecule has 0 N–H and O–H groups in total. The van der Waals surface area contributed by atoms with Gasteiger partial charge in [-0.15, -0.1) is 0 Å². The zero-order valence-electron chi connectivity index (χ0n) is 85.3. The molecule has 7 aromatic heterocycles. The third-order valence-corrected chi connectivity index (χ3v) is 20.6. The second-order valence-electron chi connectivity index (χ2n) is 29.4. The fourth-order valence-electron chi connectivity index (χ4n) is 13.9. The summed E-state index contributed by atoms with van der Waals surface area (Å²) in [5, 5.41) is 0. The van der Waals surface area contributed by atoms with Gasteiger partial charge in [-0.3, -0.25) is 0 Å². The average Bonchev–Trinajstić information content (AvgIpc) is 0.761. The van der Waals surface area contributed by atoms with E-state index in [1.165, 1.54) is 87.9 Å². The van der Waals surface area contributed by atoms with Crippen molar-refractivity contribution in [2.45, 2.75) is 154 Å². The smallest absolute Gasteiger partial charge is 0.201 e. The van der Waals surface area contributed by atoms with Crippen LogP contribution >= 0.6 is 0 Å². The van der Waals surface area contributed by atoms with Gasteiger partial charge in [0.05, 0.1) is 0 Å². The van der Waals surface area contributed by atoms with E-state index in [1.54, 1.807) is 37.4 Å². The number of aromatic nitrogens is 7. The summed E-state index contributed by atoms with van der Waals surface area (Å²) in [6, 6.07) is 85.2. The lowest BCUT2D eigenvalue weighted by atomic mass is 9.94. The predicted molar refractivity (Wildman–Crippen MR) is 480 cm³/mol. The average molecular weight is 1530 g/mol. The number of benzene rings is 7. The van der Waals surface area contributed by atoms with Crippen molar-refractivity contribution in [2.24, 2.45) is 49.3 Å². The Hall–Kier alpha value is -11.4. The number of nitrogens with zero attached hydrogens (tertiary/aromatic N) is 7. The van der Waals surface area contributed by atoms with Crippen LogP contribution in [0.3, 0.4) is 0 Å². The lowest BCUT2D eigenvalue weighted by molar-refractivity contribution is -0.661. The Morgan fingerprint density at radius 1 is 0.289 bits per heavy atom. The first-order chi connectivity index (χ1) is 60.0. The molecule has 7 heteroatoms. The molecule has 7 heterocycles. The molecule has 0 spiro atoms. The Kier molecular flexibility index (Phi) is 26.2. The van der Waals surface area contributed by atoms with Crippen LogP contribution in [-0.4, -0.2) is 0 Å². The maximum absolute atomic E-state index is 8.40. The van der Waals surface area contributed by atoms with Gasteiger partial charge >= 0.3 is 0 Å². The SMILES string of the molecule is CCc1cc[n+](C)c(-c2ccccc2C)c1.CCc1ccc(-c2cccc[n+]2C)c(C)c1.Cc1ccc(-c2cccc[n+]2C)c(C)c1.[2H]C([2H])(C)c1ccc[n+](C)c1-c1ccccc1C.[2H]C([2H])([2H])C([2H])(C)c1cc[n+](C)c(-c2ccccc2C)c1.[2H]C([2H])([2H])C([2H])(C)c1ccc(-c2ccccc2C)[n+](C)c1.[2H]C([2H])([2H])C([2H])(C)c1ccc[n+](C)c1-c1ccccc1C. The molecule has 0 saturated carbocycles. The fraction of sp³-hybridized carbons (Fsp3) is 0.280. The summed E-state index contributed by atoms with van der Waals surface area (Å²) < 4.78 is 123. The lowest BCUT2D eigenvalue weighted by Crippen LogP contribution is -2.32. The van der Waals surface area contributed by atoms with Crippen LogP contribution in [0.4, 0.5) is 0 Å². The monoisotopic (exact) mass is 1530 g/mol. The Balaban J connectivity index is 0.000000185. The van der Waals surface area contributed by atoms with Gasteiger partial charge in [0.25, 0.3) is 0 Å². The third-order valence-electron chi connectivity index (χ3n) is 20.6. The van der Waals surface area contributed by atoms with Gasteiger partial charge in [-0.05, 0) is 221 Å². The van der Waals surface area contributed by atoms with Gasteiger partial charge in [-0.1, -0.05) is 183 Å². The van der Waals surface area contributed by atoms with E-state index in [4.69, 9.17) is 19.2 Å². The maximum atomic E-state index is 8.40. The van der Waals surface area contributed by atoms with Crippen LogP contribution in [0.15, 0.2) is 298 Å². The Morgan fingerprint density at radius 2 is 0.675 bits per heavy atom. The van der Waals surface area contributed by atoms with Gasteiger partial charge in [0.1, 0.15) is 49.3 Å². The van der Waals surface area contributed by atoms with Crippen LogP contribution < -0.4 is 32.0 Å². The highest BCUT2D eigenvalue weighted by Gasteiger charge is 2.22. The summed E-state index contributed by atoms with van der Waals surface area (Å²) in [5.41, 5.74) is 30.4. The summed E-state index contributed by atoms with van der Waals surface area (Å²) in [6.07, 6.45) is 14.5. The standard InChI is InChI=1S/3C16H20N.3C15H18N.C14H16N/c1-12(2)14-10-7-11-17(4)16(14)15-9-6-5-8-13(15)3;1-12(2)14-9-10-17(4)16(11-14)15-8-6-5-7-13(15)3;1-12(2)14-9-10-16(17(4)11-14)15-8-6-5-7-13(15)3;1-4-13-9-7-11-16(3)15(13)14-10-6-5-8-12(14)2;1-4-13-8-9-14(12(2)11-13)15-7-5-6-10-16(15)3;1-4-13-9-10-16(3)15(11-13)14-8-6-5-7-12(14)2;1-11-7-8-13(12(2)10-11)14-6-4-5-9-15(14)3/h3*5-12H,1-4H3;3*5-11H,4H2,1-3H3;4-10H,1-3H3/q7*+1/i3*1D3,12D;4D2;;;. The second-order valence-corrected chi connectivity index (χ2v) is 29.4. The number of pyridine rings is 7. The van der Waals surface area contributed by atoms with E-state index in [-0.39, 0.29) is 0 Å². The van der Waals surface area contributed by atoms with Gasteiger partial charge in [-0.25, -0.2) is 32.0 Å². The minimum atomic E-state index is -2.39. The first kappa shape index (κ1) is 69.3. The Labute approximate surface area is 706 Å². The highest BCUT2D eigenvalue weighted by Crippen LogP contribution is 2.31. The minimum absolute atomic E-state index is 0.488. The van der Waals surface area contributed by atoms with Crippen LogP contribution in [0, 0.1) is 55.4 Å². The summed E-state index contributed by atoms with van der Waals surface area (Å²) in [5.74, 6) is -4.91. The molecule has 0 saturated heterocycles. The molecular formula is C107H130N7+7. The molecule has 114 heavy (non-hydrogen) atoms. The van der Waals surface area contributed by atoms with Crippen molar-refractivity contribution in [1.29, 1.82) is 0 Å². The normalized spacial score (nSPS) is 14.4. The summed E-state index contributed by atoms with van der Waals surface area (Å²) >= 11 is 0. The number of aryl methyl sites for hydroxylation is 18. The molecule has 0 amide bonds. The van der Waals surface area contributed by atoms with Crippen molar-refractivity contribution in [3.05, 3.63) is 376 Å². The quantitative estimate of drug-likeness (QED) is 0.103. The van der Waals surface area contributed by atoms with Gasteiger partial charge in [0.2, 0.25) is 39.9 Å². The molecule has 3 unspecified atom stereocenters. The number of hydrogen-bond acceptors (Lipinski definition) is 0. The first-order valence-corrected chi connectivity index (χ1v) is 39.3.